The van der Waals surface area contributed by atoms with Crippen molar-refractivity contribution in [3.05, 3.63) is 83.9 Å². The summed E-state index contributed by atoms with van der Waals surface area (Å²) in [6.45, 7) is 3.39. The highest BCUT2D eigenvalue weighted by Crippen LogP contribution is 2.07. The molecule has 0 aromatic heterocycles. The molecule has 0 amide bonds. The van der Waals surface area contributed by atoms with Crippen LogP contribution in [0.25, 0.3) is 0 Å². The molecule has 1 N–H and O–H groups in total. The van der Waals surface area contributed by atoms with Crippen molar-refractivity contribution in [1.82, 2.24) is 4.90 Å². The lowest BCUT2D eigenvalue weighted by atomic mass is 10.2. The van der Waals surface area contributed by atoms with Crippen LogP contribution in [0.1, 0.15) is 22.3 Å². The second kappa shape index (κ2) is 8.80. The Hall–Kier alpha value is -2.39. The molecule has 2 aromatic carbocycles. The number of nitrogens with zero attached hydrogens (tertiary/aromatic N) is 1. The van der Waals surface area contributed by atoms with Crippen LogP contribution in [0.4, 0.5) is 0 Å². The standard InChI is InChI=1S/C12H15N.C7H6O2/c1-3-7-12(8-4-1)11-13-9-5-2-6-10-13;8-7(9)6-4-2-1-3-5-6/h1-5,7-8H,6,9-11H2;1-5H,(H,8,9). The van der Waals surface area contributed by atoms with Crippen molar-refractivity contribution in [3.63, 3.8) is 0 Å². The highest BCUT2D eigenvalue weighted by atomic mass is 16.4. The van der Waals surface area contributed by atoms with E-state index in [1.54, 1.807) is 30.3 Å². The summed E-state index contributed by atoms with van der Waals surface area (Å²) in [7, 11) is 0. The van der Waals surface area contributed by atoms with Gasteiger partial charge in [0.15, 0.2) is 0 Å². The SMILES string of the molecule is C1=CCN(Cc2ccccc2)CC1.O=C(O)c1ccccc1. The van der Waals surface area contributed by atoms with E-state index in [1.807, 2.05) is 0 Å². The summed E-state index contributed by atoms with van der Waals surface area (Å²) in [6, 6.07) is 19.0. The van der Waals surface area contributed by atoms with Crippen molar-refractivity contribution in [2.45, 2.75) is 13.0 Å². The minimum atomic E-state index is -0.879. The van der Waals surface area contributed by atoms with E-state index in [4.69, 9.17) is 5.11 Å². The van der Waals surface area contributed by atoms with Gasteiger partial charge in [0, 0.05) is 19.6 Å². The lowest BCUT2D eigenvalue weighted by molar-refractivity contribution is 0.0697. The maximum absolute atomic E-state index is 10.2. The van der Waals surface area contributed by atoms with Crippen LogP contribution in [-0.2, 0) is 6.54 Å². The molecule has 0 atom stereocenters. The number of hydrogen-bond donors (Lipinski definition) is 1. The Labute approximate surface area is 131 Å². The van der Waals surface area contributed by atoms with Gasteiger partial charge in [-0.05, 0) is 24.1 Å². The van der Waals surface area contributed by atoms with Gasteiger partial charge in [-0.25, -0.2) is 4.79 Å². The molecule has 114 valence electrons. The second-order valence-corrected chi connectivity index (χ2v) is 5.15. The maximum atomic E-state index is 10.2. The summed E-state index contributed by atoms with van der Waals surface area (Å²) in [5.74, 6) is -0.879. The molecule has 3 nitrogen and oxygen atoms in total. The van der Waals surface area contributed by atoms with Crippen molar-refractivity contribution in [3.8, 4) is 0 Å². The highest BCUT2D eigenvalue weighted by molar-refractivity contribution is 5.87. The number of aromatic carboxylic acids is 1. The fraction of sp³-hybridized carbons (Fsp3) is 0.211. The predicted molar refractivity (Wildman–Crippen MR) is 88.9 cm³/mol. The van der Waals surface area contributed by atoms with Gasteiger partial charge in [-0.1, -0.05) is 60.7 Å². The Bertz CT molecular complexity index is 593. The molecule has 3 heteroatoms. The van der Waals surface area contributed by atoms with E-state index in [1.165, 1.54) is 18.5 Å². The van der Waals surface area contributed by atoms with Crippen LogP contribution in [0.3, 0.4) is 0 Å². The van der Waals surface area contributed by atoms with E-state index in [-0.39, 0.29) is 0 Å². The van der Waals surface area contributed by atoms with Crippen LogP contribution < -0.4 is 0 Å². The zero-order chi connectivity index (χ0) is 15.6. The Morgan fingerprint density at radius 3 is 2.09 bits per heavy atom. The average Bonchev–Trinajstić information content (AvgIpc) is 2.58. The second-order valence-electron chi connectivity index (χ2n) is 5.15. The number of carboxylic acid groups (broad SMARTS) is 1. The van der Waals surface area contributed by atoms with Crippen LogP contribution >= 0.6 is 0 Å². The van der Waals surface area contributed by atoms with Gasteiger partial charge in [0.25, 0.3) is 0 Å². The van der Waals surface area contributed by atoms with Gasteiger partial charge in [-0.3, -0.25) is 4.90 Å². The molecular formula is C19H21NO2. The molecule has 1 heterocycles. The first kappa shape index (κ1) is 16.0. The molecule has 0 saturated carbocycles. The van der Waals surface area contributed by atoms with Crippen molar-refractivity contribution in [2.75, 3.05) is 13.1 Å². The minimum Gasteiger partial charge on any atom is -0.478 e. The molecule has 0 saturated heterocycles. The highest BCUT2D eigenvalue weighted by Gasteiger charge is 2.05. The maximum Gasteiger partial charge on any atom is 0.335 e. The fourth-order valence-corrected chi connectivity index (χ4v) is 2.26. The quantitative estimate of drug-likeness (QED) is 0.875. The first-order valence-electron chi connectivity index (χ1n) is 7.45. The molecule has 3 rings (SSSR count). The monoisotopic (exact) mass is 295 g/mol. The van der Waals surface area contributed by atoms with Crippen molar-refractivity contribution < 1.29 is 9.90 Å². The minimum absolute atomic E-state index is 0.331. The van der Waals surface area contributed by atoms with E-state index in [0.29, 0.717) is 5.56 Å². The third-order valence-corrected chi connectivity index (χ3v) is 3.41. The summed E-state index contributed by atoms with van der Waals surface area (Å²) in [4.78, 5) is 12.7. The lowest BCUT2D eigenvalue weighted by Crippen LogP contribution is -2.26. The van der Waals surface area contributed by atoms with Crippen LogP contribution in [0.15, 0.2) is 72.8 Å². The van der Waals surface area contributed by atoms with Gasteiger partial charge in [0.1, 0.15) is 0 Å². The molecule has 22 heavy (non-hydrogen) atoms. The molecule has 0 fully saturated rings. The van der Waals surface area contributed by atoms with Gasteiger partial charge >= 0.3 is 5.97 Å². The molecule has 0 radical (unpaired) electrons. The summed E-state index contributed by atoms with van der Waals surface area (Å²) in [5, 5.41) is 8.38. The van der Waals surface area contributed by atoms with Gasteiger partial charge < -0.3 is 5.11 Å². The zero-order valence-electron chi connectivity index (χ0n) is 12.6. The molecule has 2 aromatic rings. The molecule has 0 bridgehead atoms. The summed E-state index contributed by atoms with van der Waals surface area (Å²) in [6.07, 6.45) is 5.72. The van der Waals surface area contributed by atoms with E-state index < -0.39 is 5.97 Å². The number of hydrogen-bond acceptors (Lipinski definition) is 2. The first-order chi connectivity index (χ1) is 10.8. The lowest BCUT2D eigenvalue weighted by Gasteiger charge is -2.22. The van der Waals surface area contributed by atoms with Gasteiger partial charge in [-0.2, -0.15) is 0 Å². The Morgan fingerprint density at radius 2 is 1.59 bits per heavy atom. The topological polar surface area (TPSA) is 40.5 Å². The largest absolute Gasteiger partial charge is 0.478 e. The van der Waals surface area contributed by atoms with Crippen LogP contribution in [0, 0.1) is 0 Å². The summed E-state index contributed by atoms with van der Waals surface area (Å²) >= 11 is 0. The van der Waals surface area contributed by atoms with E-state index in [2.05, 4.69) is 47.4 Å². The fourth-order valence-electron chi connectivity index (χ4n) is 2.26. The van der Waals surface area contributed by atoms with E-state index >= 15 is 0 Å². The number of carboxylic acids is 1. The molecule has 1 aliphatic rings. The predicted octanol–water partition coefficient (Wildman–Crippen LogP) is 3.83. The number of benzene rings is 2. The molecule has 1 aliphatic heterocycles. The van der Waals surface area contributed by atoms with Gasteiger partial charge in [0.05, 0.1) is 5.56 Å². The van der Waals surface area contributed by atoms with Crippen LogP contribution in [0.5, 0.6) is 0 Å². The van der Waals surface area contributed by atoms with Crippen LogP contribution in [0.2, 0.25) is 0 Å². The van der Waals surface area contributed by atoms with Gasteiger partial charge in [-0.15, -0.1) is 0 Å². The van der Waals surface area contributed by atoms with Crippen molar-refractivity contribution >= 4 is 5.97 Å². The van der Waals surface area contributed by atoms with Crippen molar-refractivity contribution in [2.24, 2.45) is 0 Å². The molecule has 0 aliphatic carbocycles. The third kappa shape index (κ3) is 5.54. The smallest absolute Gasteiger partial charge is 0.335 e. The molecule has 0 unspecified atom stereocenters. The average molecular weight is 295 g/mol. The molecular weight excluding hydrogens is 274 g/mol. The van der Waals surface area contributed by atoms with E-state index in [0.717, 1.165) is 13.1 Å². The molecule has 0 spiro atoms. The summed E-state index contributed by atoms with van der Waals surface area (Å²) < 4.78 is 0. The third-order valence-electron chi connectivity index (χ3n) is 3.41. The number of carbonyl (C=O) groups is 1. The van der Waals surface area contributed by atoms with Crippen molar-refractivity contribution in [1.29, 1.82) is 0 Å². The van der Waals surface area contributed by atoms with E-state index in [9.17, 15) is 4.79 Å². The zero-order valence-corrected chi connectivity index (χ0v) is 12.6. The summed E-state index contributed by atoms with van der Waals surface area (Å²) in [5.41, 5.74) is 1.75. The Morgan fingerprint density at radius 1 is 0.955 bits per heavy atom. The van der Waals surface area contributed by atoms with Gasteiger partial charge in [0.2, 0.25) is 0 Å². The van der Waals surface area contributed by atoms with Crippen LogP contribution in [-0.4, -0.2) is 29.1 Å². The first-order valence-corrected chi connectivity index (χ1v) is 7.45. The Kier molecular flexibility index (Phi) is 6.39. The normalized spacial score (nSPS) is 14.0. The number of rotatable bonds is 3. The Balaban J connectivity index is 0.000000172.